The number of unbranched alkanes of at least 4 members (excludes halogenated alkanes) is 19. The SMILES string of the molecule is CCCCCCCCCCCCC/C=C/CCC(=O)OC[C@H](CO[C@@H]1O[C@H](CO[C@@H]2O[C@H](CO)[C@H](O)C(O)C2O)[C@H](O)C(O)C1O)OC(=O)CCCCCCCCCCC. The molecule has 2 aliphatic rings. The fraction of sp³-hybridized carbons (Fsp3) is 0.911. The zero-order valence-electron chi connectivity index (χ0n) is 36.7. The monoisotopic (exact) mass is 863 g/mol. The lowest BCUT2D eigenvalue weighted by molar-refractivity contribution is -0.332. The maximum Gasteiger partial charge on any atom is 0.306 e. The van der Waals surface area contributed by atoms with E-state index < -0.39 is 92.7 Å². The van der Waals surface area contributed by atoms with Crippen molar-refractivity contribution in [3.63, 3.8) is 0 Å². The van der Waals surface area contributed by atoms with Crippen molar-refractivity contribution in [1.29, 1.82) is 0 Å². The first-order valence-electron chi connectivity index (χ1n) is 23.3. The van der Waals surface area contributed by atoms with E-state index in [0.717, 1.165) is 32.1 Å². The number of allylic oxidation sites excluding steroid dienone is 2. The highest BCUT2D eigenvalue weighted by Gasteiger charge is 2.47. The predicted octanol–water partition coefficient (Wildman–Crippen LogP) is 5.04. The Hall–Kier alpha value is -1.76. The minimum atomic E-state index is -1.76. The molecule has 352 valence electrons. The molecule has 11 atom stereocenters. The third-order valence-electron chi connectivity index (χ3n) is 11.3. The molecular weight excluding hydrogens is 780 g/mol. The summed E-state index contributed by atoms with van der Waals surface area (Å²) < 4.78 is 33.4. The highest BCUT2D eigenvalue weighted by atomic mass is 16.7. The zero-order valence-corrected chi connectivity index (χ0v) is 36.7. The highest BCUT2D eigenvalue weighted by Crippen LogP contribution is 2.26. The van der Waals surface area contributed by atoms with E-state index in [1.54, 1.807) is 0 Å². The van der Waals surface area contributed by atoms with Gasteiger partial charge in [-0.1, -0.05) is 142 Å². The van der Waals surface area contributed by atoms with Crippen LogP contribution in [0.25, 0.3) is 0 Å². The minimum Gasteiger partial charge on any atom is -0.462 e. The van der Waals surface area contributed by atoms with Gasteiger partial charge in [-0.25, -0.2) is 0 Å². The van der Waals surface area contributed by atoms with Crippen LogP contribution in [0.4, 0.5) is 0 Å². The Morgan fingerprint density at radius 3 is 1.53 bits per heavy atom. The molecule has 0 spiro atoms. The molecule has 2 saturated heterocycles. The molecule has 2 rings (SSSR count). The van der Waals surface area contributed by atoms with Gasteiger partial charge in [-0.15, -0.1) is 0 Å². The molecule has 15 heteroatoms. The van der Waals surface area contributed by atoms with Gasteiger partial charge in [-0.3, -0.25) is 9.59 Å². The first-order valence-corrected chi connectivity index (χ1v) is 23.3. The molecule has 60 heavy (non-hydrogen) atoms. The summed E-state index contributed by atoms with van der Waals surface area (Å²) in [6.07, 6.45) is 12.8. The maximum atomic E-state index is 12.9. The number of esters is 2. The Balaban J connectivity index is 1.84. The Kier molecular flexibility index (Phi) is 30.6. The average Bonchev–Trinajstić information content (AvgIpc) is 3.24. The maximum absolute atomic E-state index is 12.9. The Morgan fingerprint density at radius 1 is 0.517 bits per heavy atom. The molecule has 15 nitrogen and oxygen atoms in total. The van der Waals surface area contributed by atoms with Gasteiger partial charge in [0, 0.05) is 12.8 Å². The predicted molar refractivity (Wildman–Crippen MR) is 224 cm³/mol. The molecule has 0 radical (unpaired) electrons. The van der Waals surface area contributed by atoms with Crippen LogP contribution in [-0.2, 0) is 38.0 Å². The summed E-state index contributed by atoms with van der Waals surface area (Å²) in [5.74, 6) is -0.980. The van der Waals surface area contributed by atoms with Crippen molar-refractivity contribution in [2.24, 2.45) is 0 Å². The van der Waals surface area contributed by atoms with Gasteiger partial charge in [0.2, 0.25) is 0 Å². The Labute approximate surface area is 359 Å². The number of aliphatic hydroxyl groups is 7. The van der Waals surface area contributed by atoms with Crippen molar-refractivity contribution < 1.29 is 73.8 Å². The highest BCUT2D eigenvalue weighted by molar-refractivity contribution is 5.70. The lowest BCUT2D eigenvalue weighted by Crippen LogP contribution is -2.61. The van der Waals surface area contributed by atoms with Gasteiger partial charge in [0.25, 0.3) is 0 Å². The Morgan fingerprint density at radius 2 is 0.983 bits per heavy atom. The largest absolute Gasteiger partial charge is 0.462 e. The van der Waals surface area contributed by atoms with Crippen molar-refractivity contribution in [3.8, 4) is 0 Å². The van der Waals surface area contributed by atoms with Gasteiger partial charge in [0.15, 0.2) is 18.7 Å². The molecule has 2 aliphatic heterocycles. The smallest absolute Gasteiger partial charge is 0.306 e. The number of hydrogen-bond donors (Lipinski definition) is 7. The molecule has 0 saturated carbocycles. The lowest BCUT2D eigenvalue weighted by Gasteiger charge is -2.42. The second-order valence-corrected chi connectivity index (χ2v) is 16.6. The first-order chi connectivity index (χ1) is 29.0. The van der Waals surface area contributed by atoms with Gasteiger partial charge < -0.3 is 64.2 Å². The average molecular weight is 863 g/mol. The summed E-state index contributed by atoms with van der Waals surface area (Å²) in [4.78, 5) is 25.5. The van der Waals surface area contributed by atoms with Crippen LogP contribution in [0.1, 0.15) is 168 Å². The van der Waals surface area contributed by atoms with Crippen molar-refractivity contribution in [2.45, 2.75) is 235 Å². The molecule has 0 aromatic heterocycles. The topological polar surface area (TPSA) is 231 Å². The van der Waals surface area contributed by atoms with Crippen LogP contribution >= 0.6 is 0 Å². The molecule has 7 N–H and O–H groups in total. The van der Waals surface area contributed by atoms with E-state index in [9.17, 15) is 45.3 Å². The minimum absolute atomic E-state index is 0.138. The first kappa shape index (κ1) is 54.4. The van der Waals surface area contributed by atoms with Crippen LogP contribution < -0.4 is 0 Å². The number of hydrogen-bond acceptors (Lipinski definition) is 15. The number of ether oxygens (including phenoxy) is 6. The second-order valence-electron chi connectivity index (χ2n) is 16.6. The van der Waals surface area contributed by atoms with Crippen molar-refractivity contribution in [2.75, 3.05) is 26.4 Å². The van der Waals surface area contributed by atoms with E-state index in [-0.39, 0.29) is 26.1 Å². The molecule has 0 aromatic rings. The summed E-state index contributed by atoms with van der Waals surface area (Å²) in [5, 5.41) is 71.8. The number of carbonyl (C=O) groups is 2. The standard InChI is InChI=1S/C45H82O15/c1-3-5-7-9-11-13-14-15-16-17-18-20-21-23-25-27-36(47)55-30-33(58-37(48)28-26-24-22-19-12-10-8-6-4-2)31-56-44-43(54)41(52)39(50)35(60-44)32-57-45-42(53)40(51)38(49)34(29-46)59-45/h21,23,33-35,38-46,49-54H,3-20,22,24-32H2,1-2H3/b23-21+/t33-,34-,35-,38+,39+,40?,41?,42?,43?,44-,45-/m1/s1. The van der Waals surface area contributed by atoms with Crippen molar-refractivity contribution in [3.05, 3.63) is 12.2 Å². The summed E-state index contributed by atoms with van der Waals surface area (Å²) >= 11 is 0. The van der Waals surface area contributed by atoms with Crippen molar-refractivity contribution in [1.82, 2.24) is 0 Å². The molecule has 0 bridgehead atoms. The van der Waals surface area contributed by atoms with Gasteiger partial charge in [0.1, 0.15) is 55.4 Å². The van der Waals surface area contributed by atoms with Gasteiger partial charge in [0.05, 0.1) is 19.8 Å². The Bertz CT molecular complexity index is 1110. The summed E-state index contributed by atoms with van der Waals surface area (Å²) in [6.45, 7) is 2.52. The normalized spacial score (nSPS) is 27.6. The molecule has 4 unspecified atom stereocenters. The van der Waals surface area contributed by atoms with E-state index in [1.807, 2.05) is 6.08 Å². The van der Waals surface area contributed by atoms with Crippen LogP contribution in [0.2, 0.25) is 0 Å². The molecule has 2 heterocycles. The van der Waals surface area contributed by atoms with Crippen LogP contribution in [-0.4, -0.2) is 142 Å². The summed E-state index contributed by atoms with van der Waals surface area (Å²) in [6, 6.07) is 0. The third-order valence-corrected chi connectivity index (χ3v) is 11.3. The van der Waals surface area contributed by atoms with Crippen LogP contribution in [0.15, 0.2) is 12.2 Å². The second kappa shape index (κ2) is 33.8. The molecule has 0 aromatic carbocycles. The molecule has 0 amide bonds. The van der Waals surface area contributed by atoms with E-state index in [4.69, 9.17) is 28.4 Å². The quantitative estimate of drug-likeness (QED) is 0.0252. The summed E-state index contributed by atoms with van der Waals surface area (Å²) in [7, 11) is 0. The van der Waals surface area contributed by atoms with Crippen LogP contribution in [0.3, 0.4) is 0 Å². The molecule has 0 aliphatic carbocycles. The number of carbonyl (C=O) groups excluding carboxylic acids is 2. The van der Waals surface area contributed by atoms with Gasteiger partial charge in [-0.2, -0.15) is 0 Å². The van der Waals surface area contributed by atoms with Gasteiger partial charge in [-0.05, 0) is 25.7 Å². The molecular formula is C45H82O15. The number of aliphatic hydroxyl groups excluding tert-OH is 7. The zero-order chi connectivity index (χ0) is 44.0. The third kappa shape index (κ3) is 22.5. The fourth-order valence-electron chi connectivity index (χ4n) is 7.35. The van der Waals surface area contributed by atoms with Gasteiger partial charge >= 0.3 is 11.9 Å². The molecule has 2 fully saturated rings. The van der Waals surface area contributed by atoms with Crippen molar-refractivity contribution >= 4 is 11.9 Å². The number of rotatable bonds is 35. The van der Waals surface area contributed by atoms with E-state index in [0.29, 0.717) is 12.8 Å². The van der Waals surface area contributed by atoms with E-state index in [1.165, 1.54) is 96.3 Å². The van der Waals surface area contributed by atoms with Crippen LogP contribution in [0, 0.1) is 0 Å². The van der Waals surface area contributed by atoms with E-state index >= 15 is 0 Å². The van der Waals surface area contributed by atoms with Crippen LogP contribution in [0.5, 0.6) is 0 Å². The summed E-state index contributed by atoms with van der Waals surface area (Å²) in [5.41, 5.74) is 0. The fourth-order valence-corrected chi connectivity index (χ4v) is 7.35. The van der Waals surface area contributed by atoms with E-state index in [2.05, 4.69) is 19.9 Å². The lowest BCUT2D eigenvalue weighted by atomic mass is 9.98.